The standard InChI is InChI=1S/C12H19NO4S/c1-12(2,3)9(14)5-4-8-7-18(16,17)11-6-10(15)13(8)11/h8,11H,4-7H2,1-3H3/t8?,11-/m0/s1. The first-order chi connectivity index (χ1) is 8.13. The van der Waals surface area contributed by atoms with Gasteiger partial charge in [0.2, 0.25) is 5.91 Å². The summed E-state index contributed by atoms with van der Waals surface area (Å²) < 4.78 is 23.5. The molecule has 6 heteroatoms. The molecule has 2 heterocycles. The number of hydrogen-bond acceptors (Lipinski definition) is 4. The van der Waals surface area contributed by atoms with Crippen molar-refractivity contribution in [2.75, 3.05) is 5.75 Å². The molecule has 102 valence electrons. The van der Waals surface area contributed by atoms with Crippen molar-refractivity contribution in [1.82, 2.24) is 4.90 Å². The Balaban J connectivity index is 1.99. The SMILES string of the molecule is CC(C)(C)C(=O)CCC1CS(=O)(=O)[C@H]2CC(=O)N12. The first kappa shape index (κ1) is 13.5. The van der Waals surface area contributed by atoms with E-state index in [0.29, 0.717) is 12.8 Å². The smallest absolute Gasteiger partial charge is 0.227 e. The van der Waals surface area contributed by atoms with Gasteiger partial charge in [-0.25, -0.2) is 8.42 Å². The Bertz CT molecular complexity index is 489. The van der Waals surface area contributed by atoms with Crippen LogP contribution in [0.5, 0.6) is 0 Å². The van der Waals surface area contributed by atoms with Crippen LogP contribution in [0, 0.1) is 5.41 Å². The molecule has 0 aromatic heterocycles. The third kappa shape index (κ3) is 2.18. The highest BCUT2D eigenvalue weighted by Gasteiger charge is 2.54. The molecule has 0 spiro atoms. The number of carbonyl (C=O) groups is 2. The zero-order chi connectivity index (χ0) is 13.7. The zero-order valence-electron chi connectivity index (χ0n) is 11.0. The van der Waals surface area contributed by atoms with Gasteiger partial charge in [0.05, 0.1) is 12.2 Å². The molecule has 1 unspecified atom stereocenters. The van der Waals surface area contributed by atoms with Crippen LogP contribution in [0.15, 0.2) is 0 Å². The molecule has 18 heavy (non-hydrogen) atoms. The predicted molar refractivity (Wildman–Crippen MR) is 66.5 cm³/mol. The number of carbonyl (C=O) groups excluding carboxylic acids is 2. The molecule has 2 aliphatic heterocycles. The summed E-state index contributed by atoms with van der Waals surface area (Å²) in [6.45, 7) is 5.54. The number of amides is 1. The summed E-state index contributed by atoms with van der Waals surface area (Å²) in [5, 5.41) is -0.611. The minimum Gasteiger partial charge on any atom is -0.321 e. The van der Waals surface area contributed by atoms with Gasteiger partial charge < -0.3 is 4.90 Å². The fourth-order valence-corrected chi connectivity index (χ4v) is 4.61. The maximum absolute atomic E-state index is 11.8. The van der Waals surface area contributed by atoms with Crippen molar-refractivity contribution < 1.29 is 18.0 Å². The van der Waals surface area contributed by atoms with Gasteiger partial charge in [-0.15, -0.1) is 0 Å². The van der Waals surface area contributed by atoms with E-state index in [9.17, 15) is 18.0 Å². The molecule has 1 amide bonds. The number of Topliss-reactive ketones (excluding diaryl/α,β-unsaturated/α-hetero) is 1. The van der Waals surface area contributed by atoms with E-state index < -0.39 is 20.6 Å². The minimum atomic E-state index is -3.16. The number of β-lactam (4-membered cyclic amide) rings is 1. The van der Waals surface area contributed by atoms with Crippen molar-refractivity contribution in [2.24, 2.45) is 5.41 Å². The van der Waals surface area contributed by atoms with Crippen LogP contribution in [0.4, 0.5) is 0 Å². The first-order valence-corrected chi connectivity index (χ1v) is 7.90. The lowest BCUT2D eigenvalue weighted by Crippen LogP contribution is -2.53. The summed E-state index contributed by atoms with van der Waals surface area (Å²) >= 11 is 0. The minimum absolute atomic E-state index is 0.0147. The van der Waals surface area contributed by atoms with Crippen molar-refractivity contribution in [3.63, 3.8) is 0 Å². The van der Waals surface area contributed by atoms with E-state index in [0.717, 1.165) is 0 Å². The highest BCUT2D eigenvalue weighted by Crippen LogP contribution is 2.36. The van der Waals surface area contributed by atoms with Crippen molar-refractivity contribution in [3.05, 3.63) is 0 Å². The zero-order valence-corrected chi connectivity index (χ0v) is 11.8. The molecular weight excluding hydrogens is 254 g/mol. The van der Waals surface area contributed by atoms with E-state index in [1.54, 1.807) is 0 Å². The molecule has 0 aromatic carbocycles. The fraction of sp³-hybridized carbons (Fsp3) is 0.833. The average Bonchev–Trinajstić information content (AvgIpc) is 2.39. The van der Waals surface area contributed by atoms with E-state index >= 15 is 0 Å². The second-order valence-electron chi connectivity index (χ2n) is 6.15. The Morgan fingerprint density at radius 1 is 1.39 bits per heavy atom. The molecule has 2 saturated heterocycles. The molecular formula is C12H19NO4S. The van der Waals surface area contributed by atoms with Gasteiger partial charge in [0.1, 0.15) is 11.2 Å². The van der Waals surface area contributed by atoms with Crippen molar-refractivity contribution in [3.8, 4) is 0 Å². The van der Waals surface area contributed by atoms with E-state index in [-0.39, 0.29) is 29.9 Å². The van der Waals surface area contributed by atoms with Crippen molar-refractivity contribution in [2.45, 2.75) is 51.4 Å². The van der Waals surface area contributed by atoms with Gasteiger partial charge in [-0.2, -0.15) is 0 Å². The Morgan fingerprint density at radius 2 is 2.00 bits per heavy atom. The summed E-state index contributed by atoms with van der Waals surface area (Å²) in [5.74, 6) is 0.0199. The second-order valence-corrected chi connectivity index (χ2v) is 8.36. The van der Waals surface area contributed by atoms with Gasteiger partial charge in [0.25, 0.3) is 0 Å². The molecule has 5 nitrogen and oxygen atoms in total. The van der Waals surface area contributed by atoms with Gasteiger partial charge in [0.15, 0.2) is 9.84 Å². The Kier molecular flexibility index (Phi) is 3.04. The maximum atomic E-state index is 11.8. The Labute approximate surface area is 107 Å². The van der Waals surface area contributed by atoms with Gasteiger partial charge in [0, 0.05) is 17.9 Å². The van der Waals surface area contributed by atoms with Crippen LogP contribution >= 0.6 is 0 Å². The predicted octanol–water partition coefficient (Wildman–Crippen LogP) is 0.737. The summed E-state index contributed by atoms with van der Waals surface area (Å²) in [6, 6.07) is -0.299. The monoisotopic (exact) mass is 273 g/mol. The largest absolute Gasteiger partial charge is 0.321 e. The van der Waals surface area contributed by atoms with E-state index in [1.165, 1.54) is 4.90 Å². The average molecular weight is 273 g/mol. The molecule has 0 N–H and O–H groups in total. The molecule has 2 fully saturated rings. The normalized spacial score (nSPS) is 29.9. The number of rotatable bonds is 3. The van der Waals surface area contributed by atoms with Crippen LogP contribution in [0.1, 0.15) is 40.0 Å². The third-order valence-corrected chi connectivity index (χ3v) is 5.79. The highest BCUT2D eigenvalue weighted by atomic mass is 32.2. The van der Waals surface area contributed by atoms with Crippen LogP contribution < -0.4 is 0 Å². The molecule has 2 rings (SSSR count). The molecule has 0 saturated carbocycles. The van der Waals surface area contributed by atoms with Gasteiger partial charge >= 0.3 is 0 Å². The number of hydrogen-bond donors (Lipinski definition) is 0. The van der Waals surface area contributed by atoms with Gasteiger partial charge in [-0.3, -0.25) is 9.59 Å². The lowest BCUT2D eigenvalue weighted by molar-refractivity contribution is -0.144. The topological polar surface area (TPSA) is 71.5 Å². The summed E-state index contributed by atoms with van der Waals surface area (Å²) in [7, 11) is -3.16. The molecule has 0 radical (unpaired) electrons. The summed E-state index contributed by atoms with van der Waals surface area (Å²) in [4.78, 5) is 24.7. The number of sulfone groups is 1. The molecule has 2 atom stereocenters. The lowest BCUT2D eigenvalue weighted by Gasteiger charge is -2.36. The number of fused-ring (bicyclic) bond motifs is 1. The van der Waals surface area contributed by atoms with Gasteiger partial charge in [-0.1, -0.05) is 20.8 Å². The highest BCUT2D eigenvalue weighted by molar-refractivity contribution is 7.92. The van der Waals surface area contributed by atoms with E-state index in [4.69, 9.17) is 0 Å². The fourth-order valence-electron chi connectivity index (χ4n) is 2.49. The quantitative estimate of drug-likeness (QED) is 0.711. The van der Waals surface area contributed by atoms with Crippen LogP contribution in [0.2, 0.25) is 0 Å². The molecule has 0 bridgehead atoms. The maximum Gasteiger partial charge on any atom is 0.227 e. The third-order valence-electron chi connectivity index (χ3n) is 3.72. The van der Waals surface area contributed by atoms with Crippen LogP contribution in [-0.4, -0.2) is 42.2 Å². The number of nitrogens with zero attached hydrogens (tertiary/aromatic N) is 1. The lowest BCUT2D eigenvalue weighted by atomic mass is 9.87. The molecule has 0 aliphatic carbocycles. The van der Waals surface area contributed by atoms with Crippen LogP contribution in [0.3, 0.4) is 0 Å². The first-order valence-electron chi connectivity index (χ1n) is 6.19. The number of ketones is 1. The van der Waals surface area contributed by atoms with Gasteiger partial charge in [-0.05, 0) is 6.42 Å². The Morgan fingerprint density at radius 3 is 2.50 bits per heavy atom. The van der Waals surface area contributed by atoms with Crippen molar-refractivity contribution in [1.29, 1.82) is 0 Å². The van der Waals surface area contributed by atoms with Crippen molar-refractivity contribution >= 4 is 21.5 Å². The summed E-state index contributed by atoms with van der Waals surface area (Å²) in [5.41, 5.74) is -0.407. The van der Waals surface area contributed by atoms with Crippen LogP contribution in [0.25, 0.3) is 0 Å². The van der Waals surface area contributed by atoms with E-state index in [2.05, 4.69) is 0 Å². The summed E-state index contributed by atoms with van der Waals surface area (Å²) in [6.07, 6.45) is 0.907. The molecule has 2 aliphatic rings. The Hall–Kier alpha value is -0.910. The second kappa shape index (κ2) is 4.05. The molecule has 0 aromatic rings. The van der Waals surface area contributed by atoms with E-state index in [1.807, 2.05) is 20.8 Å². The van der Waals surface area contributed by atoms with Crippen LogP contribution in [-0.2, 0) is 19.4 Å².